The summed E-state index contributed by atoms with van der Waals surface area (Å²) in [5, 5.41) is 15.1. The summed E-state index contributed by atoms with van der Waals surface area (Å²) in [5.74, 6) is -0.104. The topological polar surface area (TPSA) is 64.9 Å². The van der Waals surface area contributed by atoms with Gasteiger partial charge in [0.25, 0.3) is 5.91 Å². The molecular formula is C18H25N3O. The molecule has 0 bridgehead atoms. The lowest BCUT2D eigenvalue weighted by atomic mass is 9.98. The molecule has 0 aliphatic rings. The molecule has 1 amide bonds. The summed E-state index contributed by atoms with van der Waals surface area (Å²) in [6.07, 6.45) is 1.47. The van der Waals surface area contributed by atoms with Crippen LogP contribution in [0, 0.1) is 18.3 Å². The number of hydrogen-bond acceptors (Lipinski definition) is 3. The van der Waals surface area contributed by atoms with E-state index in [1.165, 1.54) is 6.20 Å². The molecule has 0 atom stereocenters. The first-order valence-electron chi connectivity index (χ1n) is 7.44. The number of anilines is 1. The maximum atomic E-state index is 12.3. The van der Waals surface area contributed by atoms with Crippen molar-refractivity contribution < 1.29 is 4.79 Å². The van der Waals surface area contributed by atoms with E-state index in [2.05, 4.69) is 24.5 Å². The van der Waals surface area contributed by atoms with Crippen molar-refractivity contribution in [3.05, 3.63) is 41.1 Å². The fourth-order valence-electron chi connectivity index (χ4n) is 1.96. The maximum Gasteiger partial charge on any atom is 0.267 e. The predicted octanol–water partition coefficient (Wildman–Crippen LogP) is 3.85. The van der Waals surface area contributed by atoms with Crippen LogP contribution in [0.4, 0.5) is 5.69 Å². The minimum absolute atomic E-state index is 0.0629. The SMILES string of the molecule is Cc1cccc(C(C)C)c1NC(=O)/C(C#N)=C\NC(C)(C)C. The Bertz CT molecular complexity index is 616. The molecule has 0 aliphatic carbocycles. The Morgan fingerprint density at radius 3 is 2.45 bits per heavy atom. The van der Waals surface area contributed by atoms with Gasteiger partial charge >= 0.3 is 0 Å². The van der Waals surface area contributed by atoms with Gasteiger partial charge in [0.1, 0.15) is 11.6 Å². The summed E-state index contributed by atoms with van der Waals surface area (Å²) in [6.45, 7) is 12.0. The molecule has 0 saturated heterocycles. The molecule has 0 radical (unpaired) electrons. The molecule has 0 unspecified atom stereocenters. The van der Waals surface area contributed by atoms with E-state index >= 15 is 0 Å². The number of nitriles is 1. The van der Waals surface area contributed by atoms with E-state index in [-0.39, 0.29) is 17.0 Å². The number of hydrogen-bond donors (Lipinski definition) is 2. The van der Waals surface area contributed by atoms with Crippen LogP contribution in [0.2, 0.25) is 0 Å². The number of nitrogens with zero attached hydrogens (tertiary/aromatic N) is 1. The minimum Gasteiger partial charge on any atom is -0.385 e. The van der Waals surface area contributed by atoms with Crippen LogP contribution in [0.5, 0.6) is 0 Å². The molecule has 4 heteroatoms. The Balaban J connectivity index is 3.04. The Labute approximate surface area is 133 Å². The van der Waals surface area contributed by atoms with Gasteiger partial charge in [-0.15, -0.1) is 0 Å². The van der Waals surface area contributed by atoms with Gasteiger partial charge in [-0.2, -0.15) is 5.26 Å². The van der Waals surface area contributed by atoms with Gasteiger partial charge in [-0.25, -0.2) is 0 Å². The van der Waals surface area contributed by atoms with E-state index in [1.54, 1.807) is 0 Å². The summed E-state index contributed by atoms with van der Waals surface area (Å²) < 4.78 is 0. The minimum atomic E-state index is -0.393. The van der Waals surface area contributed by atoms with E-state index in [0.29, 0.717) is 0 Å². The second-order valence-electron chi connectivity index (χ2n) is 6.71. The summed E-state index contributed by atoms with van der Waals surface area (Å²) in [6, 6.07) is 7.87. The average Bonchev–Trinajstić information content (AvgIpc) is 2.40. The number of carbonyl (C=O) groups excluding carboxylic acids is 1. The quantitative estimate of drug-likeness (QED) is 0.655. The largest absolute Gasteiger partial charge is 0.385 e. The smallest absolute Gasteiger partial charge is 0.267 e. The second kappa shape index (κ2) is 7.13. The molecule has 1 aromatic rings. The van der Waals surface area contributed by atoms with Crippen molar-refractivity contribution in [1.29, 1.82) is 5.26 Å². The molecular weight excluding hydrogens is 274 g/mol. The first-order chi connectivity index (χ1) is 10.2. The molecule has 0 aromatic heterocycles. The number of carbonyl (C=O) groups is 1. The van der Waals surface area contributed by atoms with Crippen molar-refractivity contribution in [2.45, 2.75) is 53.0 Å². The number of benzene rings is 1. The van der Waals surface area contributed by atoms with Crippen LogP contribution in [-0.4, -0.2) is 11.4 Å². The zero-order valence-electron chi connectivity index (χ0n) is 14.2. The van der Waals surface area contributed by atoms with Gasteiger partial charge in [0.05, 0.1) is 0 Å². The third-order valence-corrected chi connectivity index (χ3v) is 3.18. The zero-order valence-corrected chi connectivity index (χ0v) is 14.2. The first-order valence-corrected chi connectivity index (χ1v) is 7.44. The molecule has 0 fully saturated rings. The first kappa shape index (κ1) is 17.8. The third-order valence-electron chi connectivity index (χ3n) is 3.18. The molecule has 0 saturated carbocycles. The lowest BCUT2D eigenvalue weighted by Gasteiger charge is -2.19. The Kier molecular flexibility index (Phi) is 5.76. The highest BCUT2D eigenvalue weighted by Crippen LogP contribution is 2.27. The number of para-hydroxylation sites is 1. The van der Waals surface area contributed by atoms with E-state index in [4.69, 9.17) is 0 Å². The monoisotopic (exact) mass is 299 g/mol. The summed E-state index contributed by atoms with van der Waals surface area (Å²) in [4.78, 5) is 12.3. The molecule has 1 rings (SSSR count). The van der Waals surface area contributed by atoms with Gasteiger partial charge < -0.3 is 10.6 Å². The van der Waals surface area contributed by atoms with Crippen molar-refractivity contribution in [1.82, 2.24) is 5.32 Å². The number of nitrogens with one attached hydrogen (secondary N) is 2. The van der Waals surface area contributed by atoms with Crippen LogP contribution in [0.3, 0.4) is 0 Å². The van der Waals surface area contributed by atoms with Crippen LogP contribution < -0.4 is 10.6 Å². The van der Waals surface area contributed by atoms with Crippen LogP contribution >= 0.6 is 0 Å². The fourth-order valence-corrected chi connectivity index (χ4v) is 1.96. The Hall–Kier alpha value is -2.28. The molecule has 2 N–H and O–H groups in total. The van der Waals surface area contributed by atoms with Crippen LogP contribution in [-0.2, 0) is 4.79 Å². The van der Waals surface area contributed by atoms with Gasteiger partial charge in [-0.1, -0.05) is 32.0 Å². The van der Waals surface area contributed by atoms with E-state index < -0.39 is 5.91 Å². The van der Waals surface area contributed by atoms with Crippen LogP contribution in [0.1, 0.15) is 51.7 Å². The van der Waals surface area contributed by atoms with E-state index in [0.717, 1.165) is 16.8 Å². The normalized spacial score (nSPS) is 12.0. The highest BCUT2D eigenvalue weighted by atomic mass is 16.1. The predicted molar refractivity (Wildman–Crippen MR) is 90.5 cm³/mol. The highest BCUT2D eigenvalue weighted by Gasteiger charge is 2.16. The molecule has 0 spiro atoms. The molecule has 4 nitrogen and oxygen atoms in total. The summed E-state index contributed by atoms with van der Waals surface area (Å²) in [5.41, 5.74) is 2.70. The van der Waals surface area contributed by atoms with Gasteiger partial charge in [-0.05, 0) is 44.7 Å². The molecule has 22 heavy (non-hydrogen) atoms. The summed E-state index contributed by atoms with van der Waals surface area (Å²) >= 11 is 0. The molecule has 118 valence electrons. The third kappa shape index (κ3) is 4.92. The number of amides is 1. The van der Waals surface area contributed by atoms with Crippen molar-refractivity contribution in [3.8, 4) is 6.07 Å². The van der Waals surface area contributed by atoms with Gasteiger partial charge in [0.15, 0.2) is 0 Å². The van der Waals surface area contributed by atoms with Crippen molar-refractivity contribution in [3.63, 3.8) is 0 Å². The van der Waals surface area contributed by atoms with Crippen molar-refractivity contribution in [2.24, 2.45) is 0 Å². The molecule has 0 aliphatic heterocycles. The van der Waals surface area contributed by atoms with Gasteiger partial charge in [-0.3, -0.25) is 4.79 Å². The van der Waals surface area contributed by atoms with Crippen molar-refractivity contribution >= 4 is 11.6 Å². The lowest BCUT2D eigenvalue weighted by molar-refractivity contribution is -0.112. The summed E-state index contributed by atoms with van der Waals surface area (Å²) in [7, 11) is 0. The Morgan fingerprint density at radius 1 is 1.32 bits per heavy atom. The van der Waals surface area contributed by atoms with Crippen molar-refractivity contribution in [2.75, 3.05) is 5.32 Å². The van der Waals surface area contributed by atoms with E-state index in [9.17, 15) is 10.1 Å². The average molecular weight is 299 g/mol. The van der Waals surface area contributed by atoms with E-state index in [1.807, 2.05) is 52.0 Å². The maximum absolute atomic E-state index is 12.3. The fraction of sp³-hybridized carbons (Fsp3) is 0.444. The molecule has 0 heterocycles. The van der Waals surface area contributed by atoms with Crippen LogP contribution in [0.15, 0.2) is 30.0 Å². The number of aryl methyl sites for hydroxylation is 1. The Morgan fingerprint density at radius 2 is 1.95 bits per heavy atom. The number of rotatable bonds is 4. The standard InChI is InChI=1S/C18H25N3O/c1-12(2)15-9-7-8-13(3)16(15)21-17(22)14(10-19)11-20-18(4,5)6/h7-9,11-12,20H,1-6H3,(H,21,22)/b14-11-. The van der Waals surface area contributed by atoms with Gasteiger partial charge in [0.2, 0.25) is 0 Å². The lowest BCUT2D eigenvalue weighted by Crippen LogP contribution is -2.32. The second-order valence-corrected chi connectivity index (χ2v) is 6.71. The zero-order chi connectivity index (χ0) is 16.9. The molecule has 1 aromatic carbocycles. The van der Waals surface area contributed by atoms with Crippen LogP contribution in [0.25, 0.3) is 0 Å². The highest BCUT2D eigenvalue weighted by molar-refractivity contribution is 6.07. The van der Waals surface area contributed by atoms with Gasteiger partial charge in [0, 0.05) is 17.4 Å².